The highest BCUT2D eigenvalue weighted by atomic mass is 32.1. The van der Waals surface area contributed by atoms with E-state index in [1.165, 1.54) is 11.3 Å². The lowest BCUT2D eigenvalue weighted by atomic mass is 10.0. The minimum Gasteiger partial charge on any atom is -0.344 e. The number of benzene rings is 2. The highest BCUT2D eigenvalue weighted by Gasteiger charge is 2.22. The molecule has 0 fully saturated rings. The van der Waals surface area contributed by atoms with Gasteiger partial charge in [-0.05, 0) is 25.0 Å². The Labute approximate surface area is 180 Å². The molecule has 0 aliphatic heterocycles. The molecular weight excluding hydrogens is 396 g/mol. The molecule has 1 atom stereocenters. The number of hydrogen-bond acceptors (Lipinski definition) is 5. The number of nitrogens with zero attached hydrogens (tertiary/aromatic N) is 2. The number of carbonyl (C=O) groups excluding carboxylic acids is 2. The normalized spacial score (nSPS) is 11.7. The Balaban J connectivity index is 1.71. The van der Waals surface area contributed by atoms with E-state index in [2.05, 4.69) is 20.8 Å². The van der Waals surface area contributed by atoms with Gasteiger partial charge in [0, 0.05) is 18.4 Å². The van der Waals surface area contributed by atoms with Crippen molar-refractivity contribution in [1.29, 1.82) is 0 Å². The summed E-state index contributed by atoms with van der Waals surface area (Å²) in [5.74, 6) is -0.415. The van der Waals surface area contributed by atoms with E-state index in [0.717, 1.165) is 34.5 Å². The van der Waals surface area contributed by atoms with E-state index in [1.807, 2.05) is 68.4 Å². The Bertz CT molecular complexity index is 988. The molecule has 2 N–H and O–H groups in total. The van der Waals surface area contributed by atoms with Gasteiger partial charge in [-0.2, -0.15) is 0 Å². The van der Waals surface area contributed by atoms with Crippen molar-refractivity contribution in [2.75, 3.05) is 5.32 Å². The van der Waals surface area contributed by atoms with Crippen LogP contribution in [0, 0.1) is 6.92 Å². The predicted octanol–water partition coefficient (Wildman–Crippen LogP) is 4.37. The second kappa shape index (κ2) is 10.6. The third kappa shape index (κ3) is 6.22. The van der Waals surface area contributed by atoms with E-state index in [-0.39, 0.29) is 11.8 Å². The van der Waals surface area contributed by atoms with Crippen molar-refractivity contribution in [3.8, 4) is 10.6 Å². The van der Waals surface area contributed by atoms with Gasteiger partial charge in [0.15, 0.2) is 0 Å². The summed E-state index contributed by atoms with van der Waals surface area (Å²) in [6.07, 6.45) is 2.54. The fourth-order valence-electron chi connectivity index (χ4n) is 3.02. The fourth-order valence-corrected chi connectivity index (χ4v) is 3.77. The summed E-state index contributed by atoms with van der Waals surface area (Å²) in [5.41, 5.74) is 3.07. The number of anilines is 1. The first-order chi connectivity index (χ1) is 14.5. The fraction of sp³-hybridized carbons (Fsp3) is 0.304. The van der Waals surface area contributed by atoms with Crippen LogP contribution in [0.4, 0.5) is 5.13 Å². The molecule has 1 unspecified atom stereocenters. The number of nitrogens with one attached hydrogen (secondary N) is 2. The highest BCUT2D eigenvalue weighted by molar-refractivity contribution is 7.18. The first-order valence-electron chi connectivity index (χ1n) is 10.1. The predicted molar refractivity (Wildman–Crippen MR) is 120 cm³/mol. The number of carbonyl (C=O) groups is 2. The van der Waals surface area contributed by atoms with Crippen LogP contribution in [-0.4, -0.2) is 28.1 Å². The topological polar surface area (TPSA) is 84.0 Å². The van der Waals surface area contributed by atoms with E-state index < -0.39 is 6.04 Å². The van der Waals surface area contributed by atoms with Crippen molar-refractivity contribution < 1.29 is 9.59 Å². The maximum Gasteiger partial charge on any atom is 0.249 e. The second-order valence-electron chi connectivity index (χ2n) is 7.18. The summed E-state index contributed by atoms with van der Waals surface area (Å²) in [6, 6.07) is 16.9. The average molecular weight is 423 g/mol. The Hall–Kier alpha value is -3.06. The van der Waals surface area contributed by atoms with Gasteiger partial charge >= 0.3 is 0 Å². The number of aromatic nitrogens is 2. The van der Waals surface area contributed by atoms with Crippen LogP contribution in [0.15, 0.2) is 54.6 Å². The molecule has 6 nitrogen and oxygen atoms in total. The summed E-state index contributed by atoms with van der Waals surface area (Å²) in [7, 11) is 0. The molecule has 0 aliphatic rings. The highest BCUT2D eigenvalue weighted by Crippen LogP contribution is 2.27. The third-order valence-corrected chi connectivity index (χ3v) is 5.50. The number of aryl methyl sites for hydroxylation is 1. The monoisotopic (exact) mass is 422 g/mol. The summed E-state index contributed by atoms with van der Waals surface area (Å²) in [4.78, 5) is 25.2. The molecule has 0 spiro atoms. The molecule has 0 radical (unpaired) electrons. The van der Waals surface area contributed by atoms with Crippen molar-refractivity contribution in [3.63, 3.8) is 0 Å². The van der Waals surface area contributed by atoms with Gasteiger partial charge in [0.1, 0.15) is 11.0 Å². The Morgan fingerprint density at radius 3 is 2.60 bits per heavy atom. The molecule has 30 heavy (non-hydrogen) atoms. The molecule has 2 amide bonds. The standard InChI is InChI=1S/C23H26N4O2S/c1-3-4-13-20(28)24-19(15-17-10-6-5-7-11-17)21(29)25-23-27-26-22(30-23)18-12-8-9-16(2)14-18/h5-12,14,19H,3-4,13,15H2,1-2H3,(H,24,28)(H,25,27,29). The molecule has 0 saturated carbocycles. The quantitative estimate of drug-likeness (QED) is 0.536. The maximum absolute atomic E-state index is 12.9. The van der Waals surface area contributed by atoms with E-state index in [0.29, 0.717) is 18.0 Å². The van der Waals surface area contributed by atoms with Crippen LogP contribution in [0.2, 0.25) is 0 Å². The van der Waals surface area contributed by atoms with Crippen LogP contribution in [0.25, 0.3) is 10.6 Å². The van der Waals surface area contributed by atoms with Crippen LogP contribution in [0.5, 0.6) is 0 Å². The van der Waals surface area contributed by atoms with Gasteiger partial charge in [-0.25, -0.2) is 0 Å². The summed E-state index contributed by atoms with van der Waals surface area (Å²) >= 11 is 1.31. The summed E-state index contributed by atoms with van der Waals surface area (Å²) in [6.45, 7) is 4.05. The molecule has 0 aliphatic carbocycles. The van der Waals surface area contributed by atoms with Crippen LogP contribution in [-0.2, 0) is 16.0 Å². The van der Waals surface area contributed by atoms with E-state index in [4.69, 9.17) is 0 Å². The molecule has 3 rings (SSSR count). The molecular formula is C23H26N4O2S. The number of amides is 2. The smallest absolute Gasteiger partial charge is 0.249 e. The Kier molecular flexibility index (Phi) is 7.68. The number of unbranched alkanes of at least 4 members (excludes halogenated alkanes) is 1. The molecule has 7 heteroatoms. The summed E-state index contributed by atoms with van der Waals surface area (Å²) < 4.78 is 0. The molecule has 1 heterocycles. The number of rotatable bonds is 9. The summed E-state index contributed by atoms with van der Waals surface area (Å²) in [5, 5.41) is 15.1. The molecule has 0 bridgehead atoms. The van der Waals surface area contributed by atoms with Gasteiger partial charge in [-0.1, -0.05) is 78.8 Å². The van der Waals surface area contributed by atoms with E-state index in [9.17, 15) is 9.59 Å². The maximum atomic E-state index is 12.9. The van der Waals surface area contributed by atoms with Crippen LogP contribution >= 0.6 is 11.3 Å². The lowest BCUT2D eigenvalue weighted by Crippen LogP contribution is -2.45. The van der Waals surface area contributed by atoms with E-state index >= 15 is 0 Å². The van der Waals surface area contributed by atoms with Crippen LogP contribution in [0.1, 0.15) is 37.3 Å². The molecule has 156 valence electrons. The molecule has 1 aromatic heterocycles. The minimum absolute atomic E-state index is 0.120. The van der Waals surface area contributed by atoms with Gasteiger partial charge in [0.05, 0.1) is 0 Å². The Morgan fingerprint density at radius 2 is 1.87 bits per heavy atom. The lowest BCUT2D eigenvalue weighted by Gasteiger charge is -2.18. The average Bonchev–Trinajstić information content (AvgIpc) is 3.21. The van der Waals surface area contributed by atoms with Crippen molar-refractivity contribution in [1.82, 2.24) is 15.5 Å². The lowest BCUT2D eigenvalue weighted by molar-refractivity contribution is -0.126. The third-order valence-electron chi connectivity index (χ3n) is 4.61. The zero-order valence-corrected chi connectivity index (χ0v) is 18.0. The number of hydrogen-bond donors (Lipinski definition) is 2. The van der Waals surface area contributed by atoms with Gasteiger partial charge in [-0.3, -0.25) is 14.9 Å². The Morgan fingerprint density at radius 1 is 1.07 bits per heavy atom. The first-order valence-corrected chi connectivity index (χ1v) is 10.9. The largest absolute Gasteiger partial charge is 0.344 e. The van der Waals surface area contributed by atoms with E-state index in [1.54, 1.807) is 0 Å². The molecule has 3 aromatic rings. The molecule has 2 aromatic carbocycles. The first kappa shape index (κ1) is 21.6. The van der Waals surface area contributed by atoms with Crippen molar-refractivity contribution in [3.05, 3.63) is 65.7 Å². The second-order valence-corrected chi connectivity index (χ2v) is 8.16. The van der Waals surface area contributed by atoms with Gasteiger partial charge in [0.25, 0.3) is 0 Å². The van der Waals surface area contributed by atoms with Gasteiger partial charge in [-0.15, -0.1) is 10.2 Å². The van der Waals surface area contributed by atoms with Crippen LogP contribution in [0.3, 0.4) is 0 Å². The minimum atomic E-state index is -0.678. The van der Waals surface area contributed by atoms with Crippen molar-refractivity contribution in [2.45, 2.75) is 45.6 Å². The van der Waals surface area contributed by atoms with Gasteiger partial charge < -0.3 is 5.32 Å². The molecule has 0 saturated heterocycles. The van der Waals surface area contributed by atoms with Gasteiger partial charge in [0.2, 0.25) is 16.9 Å². The zero-order chi connectivity index (χ0) is 21.3. The van der Waals surface area contributed by atoms with Crippen molar-refractivity contribution >= 4 is 28.3 Å². The van der Waals surface area contributed by atoms with Crippen LogP contribution < -0.4 is 10.6 Å². The SMILES string of the molecule is CCCCC(=O)NC(Cc1ccccc1)C(=O)Nc1nnc(-c2cccc(C)c2)s1. The zero-order valence-electron chi connectivity index (χ0n) is 17.2. The van der Waals surface area contributed by atoms with Crippen molar-refractivity contribution in [2.24, 2.45) is 0 Å².